The van der Waals surface area contributed by atoms with Gasteiger partial charge >= 0.3 is 6.18 Å². The molecule has 1 saturated carbocycles. The van der Waals surface area contributed by atoms with Crippen LogP contribution in [0.1, 0.15) is 47.5 Å². The van der Waals surface area contributed by atoms with E-state index < -0.39 is 29.9 Å². The van der Waals surface area contributed by atoms with E-state index in [0.29, 0.717) is 61.4 Å². The lowest BCUT2D eigenvalue weighted by atomic mass is 10.0. The number of hydrogen-bond donors (Lipinski definition) is 2. The summed E-state index contributed by atoms with van der Waals surface area (Å²) >= 11 is 0. The van der Waals surface area contributed by atoms with Gasteiger partial charge in [0.2, 0.25) is 5.91 Å². The summed E-state index contributed by atoms with van der Waals surface area (Å²) < 4.78 is 71.1. The number of ether oxygens (including phenoxy) is 3. The first kappa shape index (κ1) is 24.8. The molecule has 0 radical (unpaired) electrons. The molecule has 1 aromatic heterocycles. The van der Waals surface area contributed by atoms with E-state index in [1.807, 2.05) is 0 Å². The number of benzene rings is 1. The molecule has 2 saturated heterocycles. The Labute approximate surface area is 204 Å². The Bertz CT molecular complexity index is 1150. The Balaban J connectivity index is 1.42. The monoisotopic (exact) mass is 510 g/mol. The fourth-order valence-corrected chi connectivity index (χ4v) is 4.89. The van der Waals surface area contributed by atoms with E-state index in [1.165, 1.54) is 13.0 Å². The lowest BCUT2D eigenvalue weighted by molar-refractivity contribution is -0.140. The minimum atomic E-state index is -4.82. The predicted octanol–water partition coefficient (Wildman–Crippen LogP) is 3.46. The molecule has 3 aliphatic rings. The number of anilines is 1. The molecule has 5 rings (SSSR count). The summed E-state index contributed by atoms with van der Waals surface area (Å²) in [4.78, 5) is 21.7. The van der Waals surface area contributed by atoms with Crippen molar-refractivity contribution in [2.75, 3.05) is 31.7 Å². The molecule has 3 fully saturated rings. The molecule has 4 atom stereocenters. The summed E-state index contributed by atoms with van der Waals surface area (Å²) in [7, 11) is 0. The van der Waals surface area contributed by atoms with Crippen LogP contribution in [0.4, 0.5) is 23.4 Å². The van der Waals surface area contributed by atoms with Crippen LogP contribution in [0.25, 0.3) is 0 Å². The van der Waals surface area contributed by atoms with Crippen molar-refractivity contribution in [3.05, 3.63) is 52.2 Å². The smallest absolute Gasteiger partial charge is 0.381 e. The first-order valence-corrected chi connectivity index (χ1v) is 11.7. The number of aryl methyl sites for hydroxylation is 1. The molecule has 2 N–H and O–H groups in total. The second kappa shape index (κ2) is 9.56. The summed E-state index contributed by atoms with van der Waals surface area (Å²) in [5.41, 5.74) is -0.787. The van der Waals surface area contributed by atoms with Gasteiger partial charge in [0, 0.05) is 23.4 Å². The zero-order chi connectivity index (χ0) is 25.6. The van der Waals surface area contributed by atoms with Crippen molar-refractivity contribution in [3.63, 3.8) is 0 Å². The van der Waals surface area contributed by atoms with Gasteiger partial charge in [-0.2, -0.15) is 13.2 Å². The molecule has 3 heterocycles. The van der Waals surface area contributed by atoms with Crippen molar-refractivity contribution in [1.29, 1.82) is 0 Å². The van der Waals surface area contributed by atoms with Crippen LogP contribution in [-0.4, -0.2) is 48.3 Å². The van der Waals surface area contributed by atoms with E-state index in [-0.39, 0.29) is 29.8 Å². The molecule has 12 heteroatoms. The molecule has 8 nitrogen and oxygen atoms in total. The number of carbonyl (C=O) groups is 1. The number of carbonyl (C=O) groups excluding carboxylic acids is 1. The van der Waals surface area contributed by atoms with Crippen molar-refractivity contribution in [2.24, 2.45) is 11.8 Å². The SMILES string of the molecule is Cc1nc(CC(=O)NC2[C@H]3COC[C@@H]23)c(C2OCCO2)c(N[C@H](C)c2cccc(C(F)(F)F)c2F)n1. The van der Waals surface area contributed by atoms with Gasteiger partial charge < -0.3 is 24.8 Å². The Hall–Kier alpha value is -2.83. The molecule has 36 heavy (non-hydrogen) atoms. The normalized spacial score (nSPS) is 24.4. The highest BCUT2D eigenvalue weighted by Crippen LogP contribution is 2.44. The van der Waals surface area contributed by atoms with Crippen LogP contribution in [0.2, 0.25) is 0 Å². The van der Waals surface area contributed by atoms with E-state index in [4.69, 9.17) is 14.2 Å². The summed E-state index contributed by atoms with van der Waals surface area (Å²) in [6, 6.07) is 2.32. The van der Waals surface area contributed by atoms with Crippen molar-refractivity contribution in [3.8, 4) is 0 Å². The highest BCUT2D eigenvalue weighted by atomic mass is 19.4. The van der Waals surface area contributed by atoms with E-state index in [0.717, 1.165) is 6.07 Å². The van der Waals surface area contributed by atoms with Crippen LogP contribution >= 0.6 is 0 Å². The average Bonchev–Trinajstić information content (AvgIpc) is 3.21. The summed E-state index contributed by atoms with van der Waals surface area (Å²) in [5, 5.41) is 6.01. The fourth-order valence-electron chi connectivity index (χ4n) is 4.89. The fraction of sp³-hybridized carbons (Fsp3) is 0.542. The number of rotatable bonds is 7. The lowest BCUT2D eigenvalue weighted by Gasteiger charge is -2.23. The van der Waals surface area contributed by atoms with Crippen molar-refractivity contribution in [2.45, 2.75) is 44.8 Å². The van der Waals surface area contributed by atoms with Gasteiger partial charge in [0.15, 0.2) is 6.29 Å². The molecule has 0 spiro atoms. The third-order valence-electron chi connectivity index (χ3n) is 6.76. The molecule has 2 aliphatic heterocycles. The molecule has 1 aliphatic carbocycles. The Morgan fingerprint density at radius 3 is 2.53 bits per heavy atom. The third kappa shape index (κ3) is 4.89. The molecular weight excluding hydrogens is 484 g/mol. The molecular formula is C24H26F4N4O4. The second-order valence-electron chi connectivity index (χ2n) is 9.26. The molecule has 1 amide bonds. The zero-order valence-corrected chi connectivity index (χ0v) is 19.7. The number of hydrogen-bond acceptors (Lipinski definition) is 7. The quantitative estimate of drug-likeness (QED) is 0.551. The van der Waals surface area contributed by atoms with Gasteiger partial charge in [-0.25, -0.2) is 14.4 Å². The van der Waals surface area contributed by atoms with Gasteiger partial charge in [-0.3, -0.25) is 4.79 Å². The van der Waals surface area contributed by atoms with Crippen LogP contribution in [0.15, 0.2) is 18.2 Å². The van der Waals surface area contributed by atoms with Crippen LogP contribution in [0.3, 0.4) is 0 Å². The van der Waals surface area contributed by atoms with Gasteiger partial charge in [-0.15, -0.1) is 0 Å². The third-order valence-corrected chi connectivity index (χ3v) is 6.76. The Morgan fingerprint density at radius 1 is 1.17 bits per heavy atom. The number of aromatic nitrogens is 2. The molecule has 2 aromatic rings. The number of halogens is 4. The summed E-state index contributed by atoms with van der Waals surface area (Å²) in [5.74, 6) is -0.377. The standard InChI is InChI=1S/C24H26F4N4O4/c1-11(13-4-3-5-16(20(13)25)24(26,27)28)29-22-19(23-35-6-7-36-23)17(30-12(2)31-22)8-18(33)32-21-14-9-34-10-15(14)21/h3-5,11,14-15,21,23H,6-10H2,1-2H3,(H,32,33)(H,29,30,31)/t11-,14-,15+,21?/m1/s1. The first-order valence-electron chi connectivity index (χ1n) is 11.7. The maximum absolute atomic E-state index is 14.8. The highest BCUT2D eigenvalue weighted by molar-refractivity contribution is 5.79. The largest absolute Gasteiger partial charge is 0.419 e. The average molecular weight is 510 g/mol. The van der Waals surface area contributed by atoms with Gasteiger partial charge in [0.25, 0.3) is 0 Å². The van der Waals surface area contributed by atoms with Crippen LogP contribution in [0, 0.1) is 24.6 Å². The number of fused-ring (bicyclic) bond motifs is 1. The van der Waals surface area contributed by atoms with E-state index in [1.54, 1.807) is 6.92 Å². The predicted molar refractivity (Wildman–Crippen MR) is 118 cm³/mol. The lowest BCUT2D eigenvalue weighted by Crippen LogP contribution is -2.32. The number of amides is 1. The topological polar surface area (TPSA) is 94.6 Å². The van der Waals surface area contributed by atoms with E-state index in [9.17, 15) is 22.4 Å². The van der Waals surface area contributed by atoms with Crippen LogP contribution < -0.4 is 10.6 Å². The number of nitrogens with one attached hydrogen (secondary N) is 2. The first-order chi connectivity index (χ1) is 17.1. The van der Waals surface area contributed by atoms with Gasteiger partial charge in [-0.1, -0.05) is 12.1 Å². The molecule has 194 valence electrons. The van der Waals surface area contributed by atoms with E-state index in [2.05, 4.69) is 20.6 Å². The number of alkyl halides is 3. The van der Waals surface area contributed by atoms with Gasteiger partial charge in [0.05, 0.1) is 55.7 Å². The van der Waals surface area contributed by atoms with Crippen LogP contribution in [0.5, 0.6) is 0 Å². The molecule has 1 unspecified atom stereocenters. The molecule has 0 bridgehead atoms. The van der Waals surface area contributed by atoms with Gasteiger partial charge in [-0.05, 0) is 19.9 Å². The number of nitrogens with zero attached hydrogens (tertiary/aromatic N) is 2. The summed E-state index contributed by atoms with van der Waals surface area (Å²) in [6.07, 6.45) is -5.77. The maximum Gasteiger partial charge on any atom is 0.419 e. The van der Waals surface area contributed by atoms with Gasteiger partial charge in [0.1, 0.15) is 17.5 Å². The van der Waals surface area contributed by atoms with Crippen molar-refractivity contribution in [1.82, 2.24) is 15.3 Å². The Kier molecular flexibility index (Phi) is 6.60. The minimum absolute atomic E-state index is 0.0698. The maximum atomic E-state index is 14.8. The van der Waals surface area contributed by atoms with Crippen molar-refractivity contribution >= 4 is 11.7 Å². The summed E-state index contributed by atoms with van der Waals surface area (Å²) in [6.45, 7) is 5.05. The zero-order valence-electron chi connectivity index (χ0n) is 19.7. The van der Waals surface area contributed by atoms with E-state index >= 15 is 0 Å². The Morgan fingerprint density at radius 2 is 1.86 bits per heavy atom. The minimum Gasteiger partial charge on any atom is -0.381 e. The highest BCUT2D eigenvalue weighted by Gasteiger charge is 2.54. The van der Waals surface area contributed by atoms with Crippen LogP contribution in [-0.2, 0) is 31.6 Å². The second-order valence-corrected chi connectivity index (χ2v) is 9.26. The van der Waals surface area contributed by atoms with Crippen molar-refractivity contribution < 1.29 is 36.6 Å². The molecule has 1 aromatic carbocycles.